The van der Waals surface area contributed by atoms with Crippen LogP contribution >= 0.6 is 0 Å². The van der Waals surface area contributed by atoms with Gasteiger partial charge in [-0.3, -0.25) is 0 Å². The molecule has 24 heavy (non-hydrogen) atoms. The molecule has 0 atom stereocenters. The minimum Gasteiger partial charge on any atom is -0.478 e. The Balaban J connectivity index is 1.88. The predicted octanol–water partition coefficient (Wildman–Crippen LogP) is 3.68. The van der Waals surface area contributed by atoms with Gasteiger partial charge in [-0.05, 0) is 37.0 Å². The number of alkyl halides is 3. The molecular formula is C16H14F3N3O2. The van der Waals surface area contributed by atoms with Crippen LogP contribution in [0.4, 0.5) is 19.1 Å². The second-order valence-corrected chi connectivity index (χ2v) is 5.74. The minimum atomic E-state index is -4.40. The van der Waals surface area contributed by atoms with Crippen molar-refractivity contribution in [2.75, 3.05) is 5.32 Å². The Hall–Kier alpha value is -2.64. The van der Waals surface area contributed by atoms with Crippen LogP contribution in [0.25, 0.3) is 0 Å². The lowest BCUT2D eigenvalue weighted by atomic mass is 9.71. The van der Waals surface area contributed by atoms with Crippen LogP contribution in [-0.2, 0) is 11.7 Å². The number of nitrogens with one attached hydrogen (secondary N) is 1. The molecule has 1 aliphatic rings. The molecule has 0 radical (unpaired) electrons. The van der Waals surface area contributed by atoms with Gasteiger partial charge in [-0.1, -0.05) is 12.1 Å². The number of benzene rings is 1. The fraction of sp³-hybridized carbons (Fsp3) is 0.312. The van der Waals surface area contributed by atoms with Crippen molar-refractivity contribution >= 4 is 11.9 Å². The van der Waals surface area contributed by atoms with Gasteiger partial charge in [-0.2, -0.15) is 13.2 Å². The number of carbonyl (C=O) groups is 1. The zero-order chi connectivity index (χ0) is 17.4. The first-order valence-corrected chi connectivity index (χ1v) is 7.31. The first kappa shape index (κ1) is 16.2. The molecule has 1 fully saturated rings. The van der Waals surface area contributed by atoms with E-state index >= 15 is 0 Å². The van der Waals surface area contributed by atoms with Gasteiger partial charge in [0, 0.05) is 12.4 Å². The van der Waals surface area contributed by atoms with Crippen LogP contribution in [0.5, 0.6) is 0 Å². The number of carboxylic acid groups (broad SMARTS) is 1. The number of aromatic nitrogens is 2. The zero-order valence-corrected chi connectivity index (χ0v) is 12.5. The maximum atomic E-state index is 12.9. The van der Waals surface area contributed by atoms with Crippen LogP contribution in [0, 0.1) is 0 Å². The van der Waals surface area contributed by atoms with E-state index in [0.29, 0.717) is 18.4 Å². The third-order valence-electron chi connectivity index (χ3n) is 4.20. The summed E-state index contributed by atoms with van der Waals surface area (Å²) < 4.78 is 38.8. The molecule has 1 saturated carbocycles. The largest absolute Gasteiger partial charge is 0.478 e. The number of anilines is 1. The lowest BCUT2D eigenvalue weighted by molar-refractivity contribution is -0.137. The maximum Gasteiger partial charge on any atom is 0.416 e. The van der Waals surface area contributed by atoms with E-state index in [2.05, 4.69) is 15.3 Å². The van der Waals surface area contributed by atoms with Crippen molar-refractivity contribution in [2.45, 2.75) is 31.0 Å². The Morgan fingerprint density at radius 2 is 1.88 bits per heavy atom. The lowest BCUT2D eigenvalue weighted by Gasteiger charge is -2.43. The Morgan fingerprint density at radius 1 is 1.21 bits per heavy atom. The lowest BCUT2D eigenvalue weighted by Crippen LogP contribution is -2.42. The third-order valence-corrected chi connectivity index (χ3v) is 4.20. The van der Waals surface area contributed by atoms with E-state index in [1.54, 1.807) is 6.07 Å². The van der Waals surface area contributed by atoms with E-state index in [1.165, 1.54) is 6.07 Å². The number of aromatic carboxylic acids is 1. The second-order valence-electron chi connectivity index (χ2n) is 5.74. The van der Waals surface area contributed by atoms with Crippen LogP contribution < -0.4 is 5.32 Å². The molecule has 1 aromatic carbocycles. The van der Waals surface area contributed by atoms with Gasteiger partial charge < -0.3 is 10.4 Å². The summed E-state index contributed by atoms with van der Waals surface area (Å²) in [5, 5.41) is 11.9. The van der Waals surface area contributed by atoms with Crippen molar-refractivity contribution in [2.24, 2.45) is 0 Å². The Labute approximate surface area is 135 Å². The average molecular weight is 337 g/mol. The van der Waals surface area contributed by atoms with E-state index in [-0.39, 0.29) is 11.5 Å². The monoisotopic (exact) mass is 337 g/mol. The Bertz CT molecular complexity index is 756. The van der Waals surface area contributed by atoms with E-state index < -0.39 is 23.2 Å². The van der Waals surface area contributed by atoms with Crippen molar-refractivity contribution in [1.29, 1.82) is 0 Å². The highest BCUT2D eigenvalue weighted by atomic mass is 19.4. The summed E-state index contributed by atoms with van der Waals surface area (Å²) in [6, 6.07) is 5.20. The summed E-state index contributed by atoms with van der Waals surface area (Å²) >= 11 is 0. The highest BCUT2D eigenvalue weighted by Crippen LogP contribution is 2.44. The van der Waals surface area contributed by atoms with E-state index in [0.717, 1.165) is 30.9 Å². The normalized spacial score (nSPS) is 16.3. The summed E-state index contributed by atoms with van der Waals surface area (Å²) in [5.41, 5.74) is -0.890. The standard InChI is InChI=1S/C16H14F3N3O2/c17-16(18,19)12-4-1-3-11(7-12)15(5-2-6-15)22-14-20-8-10(9-21-14)13(23)24/h1,3-4,7-9H,2,5-6H2,(H,23,24)(H,20,21,22). The predicted molar refractivity (Wildman–Crippen MR) is 79.6 cm³/mol. The van der Waals surface area contributed by atoms with Gasteiger partial charge in [0.2, 0.25) is 5.95 Å². The molecule has 8 heteroatoms. The minimum absolute atomic E-state index is 0.0534. The van der Waals surface area contributed by atoms with Crippen LogP contribution in [0.15, 0.2) is 36.7 Å². The molecule has 3 rings (SSSR count). The average Bonchev–Trinajstić information content (AvgIpc) is 2.50. The Morgan fingerprint density at radius 3 is 2.38 bits per heavy atom. The first-order chi connectivity index (χ1) is 11.3. The summed E-state index contributed by atoms with van der Waals surface area (Å²) in [4.78, 5) is 18.7. The van der Waals surface area contributed by atoms with Gasteiger partial charge in [0.1, 0.15) is 0 Å². The summed E-state index contributed by atoms with van der Waals surface area (Å²) in [7, 11) is 0. The van der Waals surface area contributed by atoms with Crippen LogP contribution in [0.2, 0.25) is 0 Å². The van der Waals surface area contributed by atoms with Crippen molar-refractivity contribution in [3.8, 4) is 0 Å². The fourth-order valence-corrected chi connectivity index (χ4v) is 2.73. The number of halogens is 3. The van der Waals surface area contributed by atoms with Crippen molar-refractivity contribution < 1.29 is 23.1 Å². The third kappa shape index (κ3) is 3.04. The molecule has 1 aliphatic carbocycles. The molecule has 0 saturated heterocycles. The molecule has 2 N–H and O–H groups in total. The van der Waals surface area contributed by atoms with Crippen molar-refractivity contribution in [3.63, 3.8) is 0 Å². The zero-order valence-electron chi connectivity index (χ0n) is 12.5. The molecule has 0 bridgehead atoms. The fourth-order valence-electron chi connectivity index (χ4n) is 2.73. The molecule has 126 valence electrons. The Kier molecular flexibility index (Phi) is 3.90. The molecule has 1 aromatic heterocycles. The molecule has 0 spiro atoms. The number of hydrogen-bond acceptors (Lipinski definition) is 4. The van der Waals surface area contributed by atoms with Gasteiger partial charge in [0.05, 0.1) is 16.7 Å². The summed E-state index contributed by atoms with van der Waals surface area (Å²) in [6.45, 7) is 0. The van der Waals surface area contributed by atoms with Gasteiger partial charge in [-0.25, -0.2) is 14.8 Å². The SMILES string of the molecule is O=C(O)c1cnc(NC2(c3cccc(C(F)(F)F)c3)CCC2)nc1. The topological polar surface area (TPSA) is 75.1 Å². The van der Waals surface area contributed by atoms with Gasteiger partial charge in [-0.15, -0.1) is 0 Å². The van der Waals surface area contributed by atoms with Gasteiger partial charge in [0.25, 0.3) is 0 Å². The van der Waals surface area contributed by atoms with Crippen LogP contribution in [0.3, 0.4) is 0 Å². The summed E-state index contributed by atoms with van der Waals surface area (Å²) in [5.74, 6) is -0.949. The highest BCUT2D eigenvalue weighted by molar-refractivity contribution is 5.86. The highest BCUT2D eigenvalue weighted by Gasteiger charge is 2.41. The summed E-state index contributed by atoms with van der Waals surface area (Å²) in [6.07, 6.45) is 0.0973. The molecule has 5 nitrogen and oxygen atoms in total. The smallest absolute Gasteiger partial charge is 0.416 e. The van der Waals surface area contributed by atoms with E-state index in [9.17, 15) is 18.0 Å². The molecule has 0 unspecified atom stereocenters. The molecule has 2 aromatic rings. The molecule has 1 heterocycles. The van der Waals surface area contributed by atoms with Gasteiger partial charge >= 0.3 is 12.1 Å². The quantitative estimate of drug-likeness (QED) is 0.890. The first-order valence-electron chi connectivity index (χ1n) is 7.31. The van der Waals surface area contributed by atoms with Gasteiger partial charge in [0.15, 0.2) is 0 Å². The van der Waals surface area contributed by atoms with Crippen LogP contribution in [-0.4, -0.2) is 21.0 Å². The molecule has 0 aliphatic heterocycles. The number of nitrogens with zero attached hydrogens (tertiary/aromatic N) is 2. The van der Waals surface area contributed by atoms with E-state index in [4.69, 9.17) is 5.11 Å². The maximum absolute atomic E-state index is 12.9. The number of carboxylic acids is 1. The van der Waals surface area contributed by atoms with Crippen molar-refractivity contribution in [3.05, 3.63) is 53.3 Å². The van der Waals surface area contributed by atoms with Crippen molar-refractivity contribution in [1.82, 2.24) is 9.97 Å². The van der Waals surface area contributed by atoms with Crippen LogP contribution in [0.1, 0.15) is 40.7 Å². The molecule has 0 amide bonds. The number of rotatable bonds is 4. The second kappa shape index (κ2) is 5.77. The van der Waals surface area contributed by atoms with E-state index in [1.807, 2.05) is 0 Å². The molecular weight excluding hydrogens is 323 g/mol. The number of hydrogen-bond donors (Lipinski definition) is 2.